The number of hydrogen-bond acceptors (Lipinski definition) is 4. The Balaban J connectivity index is 2.11. The molecule has 0 aliphatic carbocycles. The van der Waals surface area contributed by atoms with Crippen LogP contribution in [0.2, 0.25) is 0 Å². The average molecular weight is 234 g/mol. The topological polar surface area (TPSA) is 72.1 Å². The standard InChI is InChI=1S/C12H18N4O/c1-8-3-9(2)7-16(6-8)12(17)10-4-15-11(13)5-14-10/h4-5,8-9H,3,6-7H2,1-2H3,(H2,13,15). The van der Waals surface area contributed by atoms with Gasteiger partial charge in [-0.05, 0) is 18.3 Å². The van der Waals surface area contributed by atoms with Gasteiger partial charge in [0.1, 0.15) is 11.5 Å². The monoisotopic (exact) mass is 234 g/mol. The Bertz CT molecular complexity index is 393. The molecule has 2 atom stereocenters. The summed E-state index contributed by atoms with van der Waals surface area (Å²) in [4.78, 5) is 22.0. The number of aromatic nitrogens is 2. The summed E-state index contributed by atoms with van der Waals surface area (Å²) in [6, 6.07) is 0. The van der Waals surface area contributed by atoms with Gasteiger partial charge >= 0.3 is 0 Å². The Hall–Kier alpha value is -1.65. The summed E-state index contributed by atoms with van der Waals surface area (Å²) in [6.45, 7) is 5.94. The van der Waals surface area contributed by atoms with E-state index in [1.165, 1.54) is 18.8 Å². The van der Waals surface area contributed by atoms with Gasteiger partial charge in [0, 0.05) is 13.1 Å². The fourth-order valence-electron chi connectivity index (χ4n) is 2.44. The lowest BCUT2D eigenvalue weighted by Gasteiger charge is -2.34. The van der Waals surface area contributed by atoms with Crippen LogP contribution >= 0.6 is 0 Å². The molecule has 0 aromatic carbocycles. The molecule has 2 heterocycles. The molecule has 0 spiro atoms. The van der Waals surface area contributed by atoms with Crippen molar-refractivity contribution in [2.24, 2.45) is 11.8 Å². The van der Waals surface area contributed by atoms with Crippen molar-refractivity contribution in [2.75, 3.05) is 18.8 Å². The number of nitrogens with zero attached hydrogens (tertiary/aromatic N) is 3. The third kappa shape index (κ3) is 2.72. The molecule has 0 saturated carbocycles. The minimum absolute atomic E-state index is 0.0455. The number of likely N-dealkylation sites (tertiary alicyclic amines) is 1. The molecule has 1 aliphatic heterocycles. The van der Waals surface area contributed by atoms with E-state index in [2.05, 4.69) is 23.8 Å². The lowest BCUT2D eigenvalue weighted by molar-refractivity contribution is 0.0617. The van der Waals surface area contributed by atoms with Gasteiger partial charge < -0.3 is 10.6 Å². The highest BCUT2D eigenvalue weighted by atomic mass is 16.2. The lowest BCUT2D eigenvalue weighted by Crippen LogP contribution is -2.42. The van der Waals surface area contributed by atoms with Crippen molar-refractivity contribution in [3.05, 3.63) is 18.1 Å². The second-order valence-electron chi connectivity index (χ2n) is 4.98. The molecule has 5 nitrogen and oxygen atoms in total. The molecule has 2 unspecified atom stereocenters. The van der Waals surface area contributed by atoms with E-state index in [1.54, 1.807) is 0 Å². The molecular weight excluding hydrogens is 216 g/mol. The molecule has 2 rings (SSSR count). The molecule has 1 saturated heterocycles. The summed E-state index contributed by atoms with van der Waals surface area (Å²) in [5.41, 5.74) is 5.83. The van der Waals surface area contributed by atoms with Crippen LogP contribution in [0.15, 0.2) is 12.4 Å². The van der Waals surface area contributed by atoms with Gasteiger partial charge in [-0.15, -0.1) is 0 Å². The first-order valence-electron chi connectivity index (χ1n) is 5.93. The first-order chi connectivity index (χ1) is 8.06. The van der Waals surface area contributed by atoms with Crippen LogP contribution in [0, 0.1) is 11.8 Å². The Labute approximate surface area is 101 Å². The molecule has 1 aromatic rings. The molecule has 1 fully saturated rings. The van der Waals surface area contributed by atoms with Crippen LogP contribution in [-0.4, -0.2) is 33.9 Å². The van der Waals surface area contributed by atoms with E-state index in [1.807, 2.05) is 4.90 Å². The number of hydrogen-bond donors (Lipinski definition) is 1. The summed E-state index contributed by atoms with van der Waals surface area (Å²) in [6.07, 6.45) is 4.04. The Morgan fingerprint density at radius 2 is 1.94 bits per heavy atom. The van der Waals surface area contributed by atoms with Crippen molar-refractivity contribution < 1.29 is 4.79 Å². The molecule has 1 amide bonds. The number of piperidine rings is 1. The summed E-state index contributed by atoms with van der Waals surface area (Å²) in [5, 5.41) is 0. The van der Waals surface area contributed by atoms with Gasteiger partial charge in [-0.3, -0.25) is 4.79 Å². The molecule has 17 heavy (non-hydrogen) atoms. The van der Waals surface area contributed by atoms with E-state index in [4.69, 9.17) is 5.73 Å². The maximum absolute atomic E-state index is 12.2. The third-order valence-corrected chi connectivity index (χ3v) is 3.05. The highest BCUT2D eigenvalue weighted by Gasteiger charge is 2.26. The molecule has 92 valence electrons. The maximum atomic E-state index is 12.2. The Morgan fingerprint density at radius 1 is 1.29 bits per heavy atom. The van der Waals surface area contributed by atoms with Crippen LogP contribution in [0.1, 0.15) is 30.8 Å². The minimum Gasteiger partial charge on any atom is -0.382 e. The molecule has 0 radical (unpaired) electrons. The summed E-state index contributed by atoms with van der Waals surface area (Å²) in [7, 11) is 0. The van der Waals surface area contributed by atoms with Crippen LogP contribution in [0.3, 0.4) is 0 Å². The predicted octanol–water partition coefficient (Wildman–Crippen LogP) is 1.18. The largest absolute Gasteiger partial charge is 0.382 e. The van der Waals surface area contributed by atoms with Gasteiger partial charge in [0.25, 0.3) is 5.91 Å². The number of nitrogen functional groups attached to an aromatic ring is 1. The lowest BCUT2D eigenvalue weighted by atomic mass is 9.92. The van der Waals surface area contributed by atoms with Gasteiger partial charge in [0.05, 0.1) is 12.4 Å². The Morgan fingerprint density at radius 3 is 2.47 bits per heavy atom. The number of amides is 1. The smallest absolute Gasteiger partial charge is 0.274 e. The number of anilines is 1. The average Bonchev–Trinajstić information content (AvgIpc) is 2.28. The van der Waals surface area contributed by atoms with Crippen molar-refractivity contribution in [3.8, 4) is 0 Å². The zero-order chi connectivity index (χ0) is 12.4. The minimum atomic E-state index is -0.0455. The fraction of sp³-hybridized carbons (Fsp3) is 0.583. The quantitative estimate of drug-likeness (QED) is 0.792. The van der Waals surface area contributed by atoms with E-state index in [0.29, 0.717) is 23.3 Å². The van der Waals surface area contributed by atoms with Crippen LogP contribution in [0.25, 0.3) is 0 Å². The van der Waals surface area contributed by atoms with Crippen LogP contribution in [0.4, 0.5) is 5.82 Å². The normalized spacial score (nSPS) is 24.7. The molecule has 0 bridgehead atoms. The van der Waals surface area contributed by atoms with Crippen LogP contribution in [0.5, 0.6) is 0 Å². The molecule has 5 heteroatoms. The van der Waals surface area contributed by atoms with Gasteiger partial charge in [0.2, 0.25) is 0 Å². The number of carbonyl (C=O) groups excluding carboxylic acids is 1. The number of nitrogens with two attached hydrogens (primary N) is 1. The van der Waals surface area contributed by atoms with Crippen LogP contribution in [-0.2, 0) is 0 Å². The van der Waals surface area contributed by atoms with E-state index in [-0.39, 0.29) is 5.91 Å². The van der Waals surface area contributed by atoms with Gasteiger partial charge in [-0.25, -0.2) is 9.97 Å². The second kappa shape index (κ2) is 4.69. The second-order valence-corrected chi connectivity index (χ2v) is 4.98. The zero-order valence-corrected chi connectivity index (χ0v) is 10.3. The highest BCUT2D eigenvalue weighted by Crippen LogP contribution is 2.21. The van der Waals surface area contributed by atoms with Gasteiger partial charge in [-0.1, -0.05) is 13.8 Å². The maximum Gasteiger partial charge on any atom is 0.274 e. The zero-order valence-electron chi connectivity index (χ0n) is 10.3. The highest BCUT2D eigenvalue weighted by molar-refractivity contribution is 5.92. The summed E-state index contributed by atoms with van der Waals surface area (Å²) in [5.74, 6) is 1.38. The molecular formula is C12H18N4O. The Kier molecular flexibility index (Phi) is 3.26. The molecule has 1 aliphatic rings. The fourth-order valence-corrected chi connectivity index (χ4v) is 2.44. The molecule has 2 N–H and O–H groups in total. The van der Waals surface area contributed by atoms with E-state index in [0.717, 1.165) is 13.1 Å². The van der Waals surface area contributed by atoms with Crippen molar-refractivity contribution in [1.82, 2.24) is 14.9 Å². The first kappa shape index (κ1) is 11.8. The summed E-state index contributed by atoms with van der Waals surface area (Å²) < 4.78 is 0. The van der Waals surface area contributed by atoms with Crippen molar-refractivity contribution >= 4 is 11.7 Å². The van der Waals surface area contributed by atoms with E-state index < -0.39 is 0 Å². The van der Waals surface area contributed by atoms with Crippen molar-refractivity contribution in [3.63, 3.8) is 0 Å². The van der Waals surface area contributed by atoms with Crippen LogP contribution < -0.4 is 5.73 Å². The summed E-state index contributed by atoms with van der Waals surface area (Å²) >= 11 is 0. The predicted molar refractivity (Wildman–Crippen MR) is 65.3 cm³/mol. The number of carbonyl (C=O) groups is 1. The van der Waals surface area contributed by atoms with Gasteiger partial charge in [-0.2, -0.15) is 0 Å². The molecule has 1 aromatic heterocycles. The first-order valence-corrected chi connectivity index (χ1v) is 5.93. The van der Waals surface area contributed by atoms with E-state index >= 15 is 0 Å². The SMILES string of the molecule is CC1CC(C)CN(C(=O)c2cnc(N)cn2)C1. The van der Waals surface area contributed by atoms with E-state index in [9.17, 15) is 4.79 Å². The third-order valence-electron chi connectivity index (χ3n) is 3.05. The van der Waals surface area contributed by atoms with Crippen molar-refractivity contribution in [1.29, 1.82) is 0 Å². The van der Waals surface area contributed by atoms with Gasteiger partial charge in [0.15, 0.2) is 0 Å². The van der Waals surface area contributed by atoms with Crippen molar-refractivity contribution in [2.45, 2.75) is 20.3 Å². The number of rotatable bonds is 1.